The van der Waals surface area contributed by atoms with E-state index in [2.05, 4.69) is 5.32 Å². The van der Waals surface area contributed by atoms with Gasteiger partial charge in [0.1, 0.15) is 5.75 Å². The summed E-state index contributed by atoms with van der Waals surface area (Å²) in [7, 11) is 0. The maximum Gasteiger partial charge on any atom is 0.305 e. The molecule has 0 heterocycles. The molecule has 0 aliphatic heterocycles. The summed E-state index contributed by atoms with van der Waals surface area (Å²) < 4.78 is 4.82. The van der Waals surface area contributed by atoms with Gasteiger partial charge >= 0.3 is 5.97 Å². The van der Waals surface area contributed by atoms with E-state index < -0.39 is 0 Å². The van der Waals surface area contributed by atoms with E-state index in [0.29, 0.717) is 24.6 Å². The third kappa shape index (κ3) is 5.38. The number of hydrogen-bond donors (Lipinski definition) is 2. The average Bonchev–Trinajstić information content (AvgIpc) is 2.33. The summed E-state index contributed by atoms with van der Waals surface area (Å²) in [6.45, 7) is 3.61. The second-order valence-corrected chi connectivity index (χ2v) is 4.28. The highest BCUT2D eigenvalue weighted by atomic mass is 35.5. The molecule has 0 atom stereocenters. The molecule has 2 N–H and O–H groups in total. The second kappa shape index (κ2) is 7.95. The number of carbonyl (C=O) groups is 1. The van der Waals surface area contributed by atoms with E-state index in [9.17, 15) is 9.90 Å². The normalized spacial score (nSPS) is 10.3. The van der Waals surface area contributed by atoms with Gasteiger partial charge in [-0.15, -0.1) is 0 Å². The SMILES string of the molecule is CCOC(=O)CCCNCc1ccc(O)c(Cl)c1. The molecule has 0 bridgehead atoms. The van der Waals surface area contributed by atoms with Crippen LogP contribution in [0.15, 0.2) is 18.2 Å². The molecule has 4 nitrogen and oxygen atoms in total. The van der Waals surface area contributed by atoms with Crippen molar-refractivity contribution in [3.8, 4) is 5.75 Å². The highest BCUT2D eigenvalue weighted by Gasteiger charge is 2.02. The standard InChI is InChI=1S/C13H18ClNO3/c1-2-18-13(17)4-3-7-15-9-10-5-6-12(16)11(14)8-10/h5-6,8,15-16H,2-4,7,9H2,1H3. The molecule has 100 valence electrons. The first-order chi connectivity index (χ1) is 8.63. The summed E-state index contributed by atoms with van der Waals surface area (Å²) in [5.74, 6) is -0.0743. The summed E-state index contributed by atoms with van der Waals surface area (Å²) in [5.41, 5.74) is 0.994. The molecule has 5 heteroatoms. The van der Waals surface area contributed by atoms with Gasteiger partial charge in [0, 0.05) is 13.0 Å². The predicted octanol–water partition coefficient (Wildman–Crippen LogP) is 2.48. The van der Waals surface area contributed by atoms with E-state index in [-0.39, 0.29) is 11.7 Å². The van der Waals surface area contributed by atoms with Crippen molar-refractivity contribution in [3.05, 3.63) is 28.8 Å². The number of halogens is 1. The number of aromatic hydroxyl groups is 1. The molecule has 1 aromatic carbocycles. The molecule has 0 saturated carbocycles. The van der Waals surface area contributed by atoms with Crippen molar-refractivity contribution in [2.75, 3.05) is 13.2 Å². The van der Waals surface area contributed by atoms with Gasteiger partial charge in [-0.25, -0.2) is 0 Å². The lowest BCUT2D eigenvalue weighted by molar-refractivity contribution is -0.143. The Hall–Kier alpha value is -1.26. The van der Waals surface area contributed by atoms with Crippen molar-refractivity contribution in [3.63, 3.8) is 0 Å². The minimum Gasteiger partial charge on any atom is -0.506 e. The monoisotopic (exact) mass is 271 g/mol. The Morgan fingerprint density at radius 1 is 1.50 bits per heavy atom. The Labute approximate surface area is 112 Å². The zero-order valence-electron chi connectivity index (χ0n) is 10.4. The van der Waals surface area contributed by atoms with Crippen LogP contribution in [0.5, 0.6) is 5.75 Å². The van der Waals surface area contributed by atoms with E-state index in [1.54, 1.807) is 25.1 Å². The van der Waals surface area contributed by atoms with E-state index in [1.807, 2.05) is 0 Å². The molecule has 1 rings (SSSR count). The van der Waals surface area contributed by atoms with Crippen LogP contribution in [-0.4, -0.2) is 24.2 Å². The summed E-state index contributed by atoms with van der Waals surface area (Å²) in [5, 5.41) is 12.8. The lowest BCUT2D eigenvalue weighted by Gasteiger charge is -2.06. The van der Waals surface area contributed by atoms with Gasteiger partial charge < -0.3 is 15.2 Å². The quantitative estimate of drug-likeness (QED) is 0.591. The first kappa shape index (κ1) is 14.8. The number of phenolic OH excluding ortho intramolecular Hbond substituents is 1. The minimum absolute atomic E-state index is 0.0859. The van der Waals surface area contributed by atoms with Gasteiger partial charge in [0.25, 0.3) is 0 Å². The third-order valence-electron chi connectivity index (χ3n) is 2.38. The summed E-state index contributed by atoms with van der Waals surface area (Å²) in [6, 6.07) is 5.09. The second-order valence-electron chi connectivity index (χ2n) is 3.87. The van der Waals surface area contributed by atoms with Crippen LogP contribution in [0.3, 0.4) is 0 Å². The number of carbonyl (C=O) groups excluding carboxylic acids is 1. The molecule has 0 radical (unpaired) electrons. The topological polar surface area (TPSA) is 58.6 Å². The molecule has 0 aliphatic carbocycles. The Kier molecular flexibility index (Phi) is 6.54. The van der Waals surface area contributed by atoms with E-state index >= 15 is 0 Å². The molecular weight excluding hydrogens is 254 g/mol. The predicted molar refractivity (Wildman–Crippen MR) is 70.7 cm³/mol. The number of nitrogens with one attached hydrogen (secondary N) is 1. The summed E-state index contributed by atoms with van der Waals surface area (Å²) in [6.07, 6.45) is 1.17. The molecule has 0 saturated heterocycles. The molecule has 0 fully saturated rings. The van der Waals surface area contributed by atoms with Crippen LogP contribution >= 0.6 is 11.6 Å². The summed E-state index contributed by atoms with van der Waals surface area (Å²) >= 11 is 5.79. The van der Waals surface area contributed by atoms with Gasteiger partial charge in [-0.2, -0.15) is 0 Å². The van der Waals surface area contributed by atoms with Gasteiger partial charge in [-0.1, -0.05) is 17.7 Å². The van der Waals surface area contributed by atoms with Crippen LogP contribution < -0.4 is 5.32 Å². The van der Waals surface area contributed by atoms with Crippen molar-refractivity contribution in [1.29, 1.82) is 0 Å². The van der Waals surface area contributed by atoms with Crippen molar-refractivity contribution in [2.24, 2.45) is 0 Å². The zero-order chi connectivity index (χ0) is 13.4. The van der Waals surface area contributed by atoms with Crippen molar-refractivity contribution in [1.82, 2.24) is 5.32 Å². The number of benzene rings is 1. The Morgan fingerprint density at radius 3 is 2.94 bits per heavy atom. The van der Waals surface area contributed by atoms with E-state index in [0.717, 1.165) is 18.5 Å². The molecule has 0 amide bonds. The molecular formula is C13H18ClNO3. The third-order valence-corrected chi connectivity index (χ3v) is 2.68. The maximum absolute atomic E-state index is 11.1. The summed E-state index contributed by atoms with van der Waals surface area (Å²) in [4.78, 5) is 11.1. The largest absolute Gasteiger partial charge is 0.506 e. The fraction of sp³-hybridized carbons (Fsp3) is 0.462. The highest BCUT2D eigenvalue weighted by Crippen LogP contribution is 2.23. The fourth-order valence-corrected chi connectivity index (χ4v) is 1.69. The van der Waals surface area contributed by atoms with Gasteiger partial charge in [0.2, 0.25) is 0 Å². The van der Waals surface area contributed by atoms with E-state index in [4.69, 9.17) is 16.3 Å². The van der Waals surface area contributed by atoms with Crippen LogP contribution in [0.1, 0.15) is 25.3 Å². The van der Waals surface area contributed by atoms with Gasteiger partial charge in [0.15, 0.2) is 0 Å². The Balaban J connectivity index is 2.18. The lowest BCUT2D eigenvalue weighted by Crippen LogP contribution is -2.16. The first-order valence-electron chi connectivity index (χ1n) is 5.97. The Morgan fingerprint density at radius 2 is 2.28 bits per heavy atom. The molecule has 1 aromatic rings. The van der Waals surface area contributed by atoms with Crippen molar-refractivity contribution >= 4 is 17.6 Å². The van der Waals surface area contributed by atoms with Gasteiger partial charge in [-0.3, -0.25) is 4.79 Å². The van der Waals surface area contributed by atoms with Crippen molar-refractivity contribution in [2.45, 2.75) is 26.3 Å². The van der Waals surface area contributed by atoms with Crippen LogP contribution in [0.4, 0.5) is 0 Å². The minimum atomic E-state index is -0.160. The molecule has 18 heavy (non-hydrogen) atoms. The number of rotatable bonds is 7. The van der Waals surface area contributed by atoms with Gasteiger partial charge in [0.05, 0.1) is 11.6 Å². The molecule has 0 spiro atoms. The van der Waals surface area contributed by atoms with Crippen LogP contribution in [-0.2, 0) is 16.1 Å². The zero-order valence-corrected chi connectivity index (χ0v) is 11.2. The Bertz CT molecular complexity index is 396. The number of hydrogen-bond acceptors (Lipinski definition) is 4. The van der Waals surface area contributed by atoms with Gasteiger partial charge in [-0.05, 0) is 37.6 Å². The number of phenols is 1. The van der Waals surface area contributed by atoms with Crippen LogP contribution in [0.2, 0.25) is 5.02 Å². The molecule has 0 aliphatic rings. The van der Waals surface area contributed by atoms with E-state index in [1.165, 1.54) is 0 Å². The smallest absolute Gasteiger partial charge is 0.305 e. The number of esters is 1. The molecule has 0 aromatic heterocycles. The fourth-order valence-electron chi connectivity index (χ4n) is 1.48. The lowest BCUT2D eigenvalue weighted by atomic mass is 10.2. The van der Waals surface area contributed by atoms with Crippen LogP contribution in [0, 0.1) is 0 Å². The highest BCUT2D eigenvalue weighted by molar-refractivity contribution is 6.32. The van der Waals surface area contributed by atoms with Crippen molar-refractivity contribution < 1.29 is 14.6 Å². The van der Waals surface area contributed by atoms with Crippen LogP contribution in [0.25, 0.3) is 0 Å². The first-order valence-corrected chi connectivity index (χ1v) is 6.35. The number of ether oxygens (including phenoxy) is 1. The average molecular weight is 272 g/mol. The molecule has 0 unspecified atom stereocenters. The maximum atomic E-state index is 11.1.